The number of nitrogens with one attached hydrogen (secondary N) is 1. The molecule has 1 saturated heterocycles. The number of aromatic nitrogens is 6. The predicted molar refractivity (Wildman–Crippen MR) is 116 cm³/mol. The molecule has 0 radical (unpaired) electrons. The van der Waals surface area contributed by atoms with Crippen LogP contribution in [0.25, 0.3) is 16.9 Å². The summed E-state index contributed by atoms with van der Waals surface area (Å²) in [5.41, 5.74) is 7.81. The third-order valence-electron chi connectivity index (χ3n) is 5.57. The third kappa shape index (κ3) is 3.97. The van der Waals surface area contributed by atoms with Gasteiger partial charge in [-0.2, -0.15) is 14.6 Å². The molecule has 3 aromatic rings. The van der Waals surface area contributed by atoms with E-state index in [0.717, 1.165) is 5.56 Å². The molecule has 168 valence electrons. The fraction of sp³-hybridized carbons (Fsp3) is 0.579. The number of hydrogen-bond donors (Lipinski definition) is 2. The summed E-state index contributed by atoms with van der Waals surface area (Å²) in [5, 5.41) is 11.2. The van der Waals surface area contributed by atoms with E-state index in [1.54, 1.807) is 28.1 Å². The van der Waals surface area contributed by atoms with Crippen molar-refractivity contribution in [3.63, 3.8) is 0 Å². The van der Waals surface area contributed by atoms with Gasteiger partial charge in [-0.3, -0.25) is 5.10 Å². The number of anilines is 1. The van der Waals surface area contributed by atoms with Crippen molar-refractivity contribution in [1.29, 1.82) is 0 Å². The van der Waals surface area contributed by atoms with E-state index in [0.29, 0.717) is 42.4 Å². The highest BCUT2D eigenvalue weighted by Gasteiger charge is 2.36. The molecule has 0 unspecified atom stereocenters. The fourth-order valence-electron chi connectivity index (χ4n) is 4.04. The molecule has 0 saturated carbocycles. The van der Waals surface area contributed by atoms with E-state index in [4.69, 9.17) is 15.5 Å². The van der Waals surface area contributed by atoms with Crippen molar-refractivity contribution in [1.82, 2.24) is 34.1 Å². The number of H-pyrrole nitrogens is 1. The molecule has 0 spiro atoms. The lowest BCUT2D eigenvalue weighted by Crippen LogP contribution is -2.43. The molecule has 4 rings (SSSR count). The number of fused-ring (bicyclic) bond motifs is 1. The largest absolute Gasteiger partial charge is 0.485 e. The highest BCUT2D eigenvalue weighted by Crippen LogP contribution is 2.38. The van der Waals surface area contributed by atoms with E-state index < -0.39 is 10.0 Å². The molecule has 0 amide bonds. The van der Waals surface area contributed by atoms with Crippen LogP contribution in [0.5, 0.6) is 5.75 Å². The minimum atomic E-state index is -3.24. The van der Waals surface area contributed by atoms with Crippen LogP contribution in [0.15, 0.2) is 12.4 Å². The Kier molecular flexibility index (Phi) is 5.60. The second-order valence-electron chi connectivity index (χ2n) is 8.14. The summed E-state index contributed by atoms with van der Waals surface area (Å²) >= 11 is 0. The Balaban J connectivity index is 1.84. The van der Waals surface area contributed by atoms with Gasteiger partial charge < -0.3 is 10.5 Å². The molecular weight excluding hydrogens is 420 g/mol. The zero-order valence-corrected chi connectivity index (χ0v) is 18.9. The summed E-state index contributed by atoms with van der Waals surface area (Å²) in [6.07, 6.45) is 3.93. The van der Waals surface area contributed by atoms with Crippen LogP contribution in [0.3, 0.4) is 0 Å². The molecule has 12 heteroatoms. The normalized spacial score (nSPS) is 20.5. The van der Waals surface area contributed by atoms with Crippen LogP contribution in [0.2, 0.25) is 0 Å². The molecule has 1 aliphatic heterocycles. The quantitative estimate of drug-likeness (QED) is 0.579. The average Bonchev–Trinajstić information content (AvgIpc) is 3.37. The molecule has 11 nitrogen and oxygen atoms in total. The van der Waals surface area contributed by atoms with Crippen LogP contribution in [-0.4, -0.2) is 67.4 Å². The van der Waals surface area contributed by atoms with Gasteiger partial charge in [0.15, 0.2) is 5.75 Å². The molecule has 31 heavy (non-hydrogen) atoms. The molecule has 0 aliphatic carbocycles. The first-order valence-corrected chi connectivity index (χ1v) is 12.0. The first kappa shape index (κ1) is 21.5. The Morgan fingerprint density at radius 3 is 2.74 bits per heavy atom. The summed E-state index contributed by atoms with van der Waals surface area (Å²) in [4.78, 5) is 9.36. The van der Waals surface area contributed by atoms with Gasteiger partial charge in [0.25, 0.3) is 0 Å². The SMILES string of the molecule is CCS(=O)(=O)N1CC[C@H](c2nc(-c3cn[nH]c3)c(OC(C)C)c3nc(N)nn23)[C@@H](C)C1. The van der Waals surface area contributed by atoms with Crippen molar-refractivity contribution in [2.45, 2.75) is 46.1 Å². The number of ether oxygens (including phenoxy) is 1. The second kappa shape index (κ2) is 8.08. The minimum Gasteiger partial charge on any atom is -0.485 e. The van der Waals surface area contributed by atoms with Crippen molar-refractivity contribution in [3.8, 4) is 17.0 Å². The number of piperidine rings is 1. The van der Waals surface area contributed by atoms with Crippen LogP contribution in [0.4, 0.5) is 5.95 Å². The summed E-state index contributed by atoms with van der Waals surface area (Å²) in [5.74, 6) is 1.41. The summed E-state index contributed by atoms with van der Waals surface area (Å²) < 4.78 is 34.0. The standard InChI is InChI=1S/C19H28N8O3S/c1-5-31(28,29)26-7-6-14(12(4)10-26)17-23-15(13-8-21-22-9-13)16(30-11(2)3)18-24-19(20)25-27(17)18/h8-9,11-12,14H,5-7,10H2,1-4H3,(H2,20,25)(H,21,22)/t12-,14-/m0/s1. The molecule has 2 atom stereocenters. The summed E-state index contributed by atoms with van der Waals surface area (Å²) in [6.45, 7) is 8.42. The molecular formula is C19H28N8O3S. The molecule has 1 aliphatic rings. The Bertz CT molecular complexity index is 1170. The van der Waals surface area contributed by atoms with Crippen molar-refractivity contribution in [2.75, 3.05) is 24.6 Å². The second-order valence-corrected chi connectivity index (χ2v) is 10.4. The molecule has 3 aromatic heterocycles. The van der Waals surface area contributed by atoms with Crippen molar-refractivity contribution in [2.24, 2.45) is 5.92 Å². The van der Waals surface area contributed by atoms with E-state index in [1.165, 1.54) is 0 Å². The molecule has 4 heterocycles. The number of nitrogens with two attached hydrogens (primary N) is 1. The lowest BCUT2D eigenvalue weighted by molar-refractivity contribution is 0.235. The highest BCUT2D eigenvalue weighted by atomic mass is 32.2. The fourth-order valence-corrected chi connectivity index (χ4v) is 5.25. The molecule has 0 bridgehead atoms. The van der Waals surface area contributed by atoms with Gasteiger partial charge in [0.2, 0.25) is 21.6 Å². The zero-order valence-electron chi connectivity index (χ0n) is 18.1. The van der Waals surface area contributed by atoms with Gasteiger partial charge >= 0.3 is 0 Å². The van der Waals surface area contributed by atoms with Crippen LogP contribution >= 0.6 is 0 Å². The smallest absolute Gasteiger partial charge is 0.240 e. The van der Waals surface area contributed by atoms with Gasteiger partial charge in [-0.25, -0.2) is 17.7 Å². The lowest BCUT2D eigenvalue weighted by atomic mass is 9.87. The molecule has 1 fully saturated rings. The Morgan fingerprint density at radius 2 is 2.13 bits per heavy atom. The predicted octanol–water partition coefficient (Wildman–Crippen LogP) is 1.66. The van der Waals surface area contributed by atoms with E-state index in [2.05, 4.69) is 20.3 Å². The van der Waals surface area contributed by atoms with E-state index in [9.17, 15) is 8.42 Å². The van der Waals surface area contributed by atoms with Crippen LogP contribution in [-0.2, 0) is 10.0 Å². The highest BCUT2D eigenvalue weighted by molar-refractivity contribution is 7.89. The lowest BCUT2D eigenvalue weighted by Gasteiger charge is -2.35. The first-order chi connectivity index (χ1) is 14.7. The van der Waals surface area contributed by atoms with Crippen LogP contribution in [0.1, 0.15) is 45.9 Å². The summed E-state index contributed by atoms with van der Waals surface area (Å²) in [6, 6.07) is 0. The van der Waals surface area contributed by atoms with Gasteiger partial charge in [0, 0.05) is 30.8 Å². The first-order valence-electron chi connectivity index (χ1n) is 10.4. The number of hydrogen-bond acceptors (Lipinski definition) is 8. The van der Waals surface area contributed by atoms with Crippen molar-refractivity contribution >= 4 is 21.6 Å². The monoisotopic (exact) mass is 448 g/mol. The maximum absolute atomic E-state index is 12.4. The van der Waals surface area contributed by atoms with E-state index >= 15 is 0 Å². The van der Waals surface area contributed by atoms with Gasteiger partial charge in [0.1, 0.15) is 11.5 Å². The van der Waals surface area contributed by atoms with Gasteiger partial charge in [-0.1, -0.05) is 6.92 Å². The molecule has 3 N–H and O–H groups in total. The topological polar surface area (TPSA) is 144 Å². The van der Waals surface area contributed by atoms with E-state index in [1.807, 2.05) is 20.8 Å². The number of rotatable bonds is 6. The minimum absolute atomic E-state index is 0.0225. The third-order valence-corrected chi connectivity index (χ3v) is 7.42. The zero-order chi connectivity index (χ0) is 22.3. The van der Waals surface area contributed by atoms with Crippen LogP contribution < -0.4 is 10.5 Å². The Labute approximate surface area is 181 Å². The molecule has 0 aromatic carbocycles. The number of nitrogens with zero attached hydrogens (tertiary/aromatic N) is 6. The van der Waals surface area contributed by atoms with Gasteiger partial charge in [-0.05, 0) is 33.1 Å². The maximum Gasteiger partial charge on any atom is 0.240 e. The van der Waals surface area contributed by atoms with Crippen molar-refractivity contribution in [3.05, 3.63) is 18.2 Å². The number of nitrogen functional groups attached to an aromatic ring is 1. The van der Waals surface area contributed by atoms with E-state index in [-0.39, 0.29) is 29.6 Å². The Morgan fingerprint density at radius 1 is 1.35 bits per heavy atom. The van der Waals surface area contributed by atoms with Gasteiger partial charge in [-0.15, -0.1) is 5.10 Å². The number of aromatic amines is 1. The van der Waals surface area contributed by atoms with Gasteiger partial charge in [0.05, 0.1) is 18.1 Å². The summed E-state index contributed by atoms with van der Waals surface area (Å²) in [7, 11) is -3.24. The van der Waals surface area contributed by atoms with Crippen LogP contribution in [0, 0.1) is 5.92 Å². The maximum atomic E-state index is 12.4. The number of sulfonamides is 1. The Hall–Kier alpha value is -2.73. The average molecular weight is 449 g/mol. The van der Waals surface area contributed by atoms with Crippen molar-refractivity contribution < 1.29 is 13.2 Å².